The van der Waals surface area contributed by atoms with Gasteiger partial charge in [-0.1, -0.05) is 0 Å². The highest BCUT2D eigenvalue weighted by Gasteiger charge is 2.11. The Morgan fingerprint density at radius 2 is 2.05 bits per heavy atom. The number of hydrogen-bond donors (Lipinski definition) is 0. The molecule has 0 saturated heterocycles. The Morgan fingerprint density at radius 1 is 1.30 bits per heavy atom. The van der Waals surface area contributed by atoms with Crippen LogP contribution in [0, 0.1) is 11.3 Å². The number of aldehydes is 1. The van der Waals surface area contributed by atoms with Crippen molar-refractivity contribution in [1.29, 1.82) is 5.26 Å². The van der Waals surface area contributed by atoms with E-state index < -0.39 is 0 Å². The molecule has 0 aliphatic heterocycles. The standard InChI is InChI=1S/C16H15N3O/c1-2-19(11-13-5-7-18-8-6-13)16-4-3-14(12-20)9-15(16)10-17/h3-9,12H,2,11H2,1H3. The number of aromatic nitrogens is 1. The molecule has 1 heterocycles. The molecule has 0 unspecified atom stereocenters. The monoisotopic (exact) mass is 265 g/mol. The molecule has 100 valence electrons. The minimum atomic E-state index is 0.519. The van der Waals surface area contributed by atoms with E-state index in [1.54, 1.807) is 24.5 Å². The van der Waals surface area contributed by atoms with Gasteiger partial charge in [-0.3, -0.25) is 9.78 Å². The van der Waals surface area contributed by atoms with Crippen molar-refractivity contribution in [1.82, 2.24) is 4.98 Å². The summed E-state index contributed by atoms with van der Waals surface area (Å²) in [6, 6.07) is 11.2. The summed E-state index contributed by atoms with van der Waals surface area (Å²) in [6.07, 6.45) is 4.26. The number of carbonyl (C=O) groups is 1. The first-order valence-corrected chi connectivity index (χ1v) is 6.41. The fraction of sp³-hybridized carbons (Fsp3) is 0.188. The van der Waals surface area contributed by atoms with Gasteiger partial charge >= 0.3 is 0 Å². The lowest BCUT2D eigenvalue weighted by Crippen LogP contribution is -2.23. The van der Waals surface area contributed by atoms with E-state index in [0.717, 1.165) is 24.1 Å². The summed E-state index contributed by atoms with van der Waals surface area (Å²) in [5.41, 5.74) is 3.01. The van der Waals surface area contributed by atoms with E-state index in [4.69, 9.17) is 0 Å². The molecule has 0 saturated carbocycles. The van der Waals surface area contributed by atoms with Gasteiger partial charge in [0.05, 0.1) is 11.3 Å². The molecule has 4 nitrogen and oxygen atoms in total. The SMILES string of the molecule is CCN(Cc1ccncc1)c1ccc(C=O)cc1C#N. The van der Waals surface area contributed by atoms with Crippen LogP contribution in [0.3, 0.4) is 0 Å². The van der Waals surface area contributed by atoms with E-state index in [0.29, 0.717) is 17.7 Å². The highest BCUT2D eigenvalue weighted by molar-refractivity contribution is 5.78. The van der Waals surface area contributed by atoms with E-state index >= 15 is 0 Å². The number of rotatable bonds is 5. The van der Waals surface area contributed by atoms with Crippen LogP contribution in [0.1, 0.15) is 28.4 Å². The zero-order valence-electron chi connectivity index (χ0n) is 11.3. The van der Waals surface area contributed by atoms with Crippen LogP contribution in [0.4, 0.5) is 5.69 Å². The Hall–Kier alpha value is -2.67. The summed E-state index contributed by atoms with van der Waals surface area (Å²) >= 11 is 0. The second kappa shape index (κ2) is 6.48. The first kappa shape index (κ1) is 13.8. The third-order valence-electron chi connectivity index (χ3n) is 3.12. The molecule has 20 heavy (non-hydrogen) atoms. The first-order valence-electron chi connectivity index (χ1n) is 6.41. The molecule has 1 aromatic carbocycles. The van der Waals surface area contributed by atoms with Gasteiger partial charge in [0.25, 0.3) is 0 Å². The second-order valence-electron chi connectivity index (χ2n) is 4.38. The van der Waals surface area contributed by atoms with E-state index in [1.807, 2.05) is 25.1 Å². The maximum atomic E-state index is 10.8. The van der Waals surface area contributed by atoms with Gasteiger partial charge in [0.15, 0.2) is 0 Å². The van der Waals surface area contributed by atoms with Crippen molar-refractivity contribution in [2.45, 2.75) is 13.5 Å². The van der Waals surface area contributed by atoms with Crippen LogP contribution in [-0.2, 0) is 6.54 Å². The number of pyridine rings is 1. The molecule has 0 aliphatic carbocycles. The van der Waals surface area contributed by atoms with Crippen molar-refractivity contribution in [3.8, 4) is 6.07 Å². The van der Waals surface area contributed by atoms with Crippen LogP contribution >= 0.6 is 0 Å². The molecular weight excluding hydrogens is 250 g/mol. The highest BCUT2D eigenvalue weighted by Crippen LogP contribution is 2.22. The number of nitriles is 1. The zero-order valence-corrected chi connectivity index (χ0v) is 11.3. The predicted octanol–water partition coefficient (Wildman–Crippen LogP) is 2.79. The largest absolute Gasteiger partial charge is 0.366 e. The zero-order chi connectivity index (χ0) is 14.4. The molecule has 2 aromatic rings. The molecule has 0 fully saturated rings. The van der Waals surface area contributed by atoms with Crippen LogP contribution in [0.25, 0.3) is 0 Å². The lowest BCUT2D eigenvalue weighted by atomic mass is 10.1. The van der Waals surface area contributed by atoms with E-state index in [9.17, 15) is 10.1 Å². The van der Waals surface area contributed by atoms with Crippen molar-refractivity contribution in [2.75, 3.05) is 11.4 Å². The fourth-order valence-electron chi connectivity index (χ4n) is 2.07. The lowest BCUT2D eigenvalue weighted by Gasteiger charge is -2.24. The molecule has 0 aliphatic rings. The average Bonchev–Trinajstić information content (AvgIpc) is 2.53. The minimum Gasteiger partial charge on any atom is -0.366 e. The minimum absolute atomic E-state index is 0.519. The molecule has 1 aromatic heterocycles. The maximum absolute atomic E-state index is 10.8. The molecule has 0 amide bonds. The Morgan fingerprint density at radius 3 is 2.65 bits per heavy atom. The van der Waals surface area contributed by atoms with Gasteiger partial charge in [-0.25, -0.2) is 0 Å². The quantitative estimate of drug-likeness (QED) is 0.780. The normalized spacial score (nSPS) is 9.80. The first-order chi connectivity index (χ1) is 9.78. The van der Waals surface area contributed by atoms with E-state index in [1.165, 1.54) is 0 Å². The van der Waals surface area contributed by atoms with Crippen LogP contribution in [-0.4, -0.2) is 17.8 Å². The Labute approximate surface area is 118 Å². The van der Waals surface area contributed by atoms with Crippen LogP contribution in [0.15, 0.2) is 42.7 Å². The number of nitrogens with zero attached hydrogens (tertiary/aromatic N) is 3. The molecule has 2 rings (SSSR count). The summed E-state index contributed by atoms with van der Waals surface area (Å²) in [6.45, 7) is 3.52. The van der Waals surface area contributed by atoms with Gasteiger partial charge in [-0.15, -0.1) is 0 Å². The lowest BCUT2D eigenvalue weighted by molar-refractivity contribution is 0.112. The van der Waals surface area contributed by atoms with Crippen LogP contribution < -0.4 is 4.90 Å². The molecule has 0 bridgehead atoms. The molecule has 0 radical (unpaired) electrons. The van der Waals surface area contributed by atoms with Gasteiger partial charge < -0.3 is 4.90 Å². The van der Waals surface area contributed by atoms with Gasteiger partial charge in [-0.05, 0) is 42.8 Å². The summed E-state index contributed by atoms with van der Waals surface area (Å²) in [5, 5.41) is 9.25. The highest BCUT2D eigenvalue weighted by atomic mass is 16.1. The smallest absolute Gasteiger partial charge is 0.150 e. The topological polar surface area (TPSA) is 57.0 Å². The van der Waals surface area contributed by atoms with E-state index in [-0.39, 0.29) is 0 Å². The summed E-state index contributed by atoms with van der Waals surface area (Å²) in [4.78, 5) is 16.9. The van der Waals surface area contributed by atoms with Gasteiger partial charge in [0, 0.05) is 31.0 Å². The predicted molar refractivity (Wildman–Crippen MR) is 77.5 cm³/mol. The van der Waals surface area contributed by atoms with Crippen molar-refractivity contribution >= 4 is 12.0 Å². The average molecular weight is 265 g/mol. The Bertz CT molecular complexity index is 632. The van der Waals surface area contributed by atoms with Gasteiger partial charge in [0.2, 0.25) is 0 Å². The second-order valence-corrected chi connectivity index (χ2v) is 4.38. The summed E-state index contributed by atoms with van der Waals surface area (Å²) in [7, 11) is 0. The van der Waals surface area contributed by atoms with E-state index in [2.05, 4.69) is 16.0 Å². The maximum Gasteiger partial charge on any atom is 0.150 e. The third kappa shape index (κ3) is 3.01. The van der Waals surface area contributed by atoms with Crippen molar-refractivity contribution < 1.29 is 4.79 Å². The molecule has 0 N–H and O–H groups in total. The number of carbonyl (C=O) groups excluding carboxylic acids is 1. The molecule has 4 heteroatoms. The Kier molecular flexibility index (Phi) is 4.46. The van der Waals surface area contributed by atoms with Gasteiger partial charge in [-0.2, -0.15) is 5.26 Å². The molecule has 0 spiro atoms. The molecule has 0 atom stereocenters. The third-order valence-corrected chi connectivity index (χ3v) is 3.12. The van der Waals surface area contributed by atoms with Gasteiger partial charge in [0.1, 0.15) is 12.4 Å². The van der Waals surface area contributed by atoms with Crippen molar-refractivity contribution in [2.24, 2.45) is 0 Å². The number of hydrogen-bond acceptors (Lipinski definition) is 4. The summed E-state index contributed by atoms with van der Waals surface area (Å²) < 4.78 is 0. The number of benzene rings is 1. The molecular formula is C16H15N3O. The van der Waals surface area contributed by atoms with Crippen molar-refractivity contribution in [3.05, 3.63) is 59.4 Å². The Balaban J connectivity index is 2.32. The number of anilines is 1. The van der Waals surface area contributed by atoms with Crippen LogP contribution in [0.5, 0.6) is 0 Å². The fourth-order valence-corrected chi connectivity index (χ4v) is 2.07. The summed E-state index contributed by atoms with van der Waals surface area (Å²) in [5.74, 6) is 0. The van der Waals surface area contributed by atoms with Crippen molar-refractivity contribution in [3.63, 3.8) is 0 Å². The van der Waals surface area contributed by atoms with Crippen LogP contribution in [0.2, 0.25) is 0 Å².